The number of rotatable bonds is 10. The van der Waals surface area contributed by atoms with Gasteiger partial charge in [-0.1, -0.05) is 0 Å². The Bertz CT molecular complexity index is 403. The Kier molecular flexibility index (Phi) is 6.92. The van der Waals surface area contributed by atoms with E-state index in [-0.39, 0.29) is 5.75 Å². The van der Waals surface area contributed by atoms with Gasteiger partial charge in [0.1, 0.15) is 0 Å². The van der Waals surface area contributed by atoms with Crippen molar-refractivity contribution in [1.29, 1.82) is 0 Å². The second-order valence-corrected chi connectivity index (χ2v) is 6.10. The van der Waals surface area contributed by atoms with E-state index in [0.29, 0.717) is 13.0 Å². The van der Waals surface area contributed by atoms with E-state index >= 15 is 0 Å². The molecule has 0 radical (unpaired) electrons. The molecular formula is C11H22N4O2S. The van der Waals surface area contributed by atoms with Crippen LogP contribution < -0.4 is 10.0 Å². The molecule has 18 heavy (non-hydrogen) atoms. The van der Waals surface area contributed by atoms with Crippen LogP contribution in [-0.2, 0) is 16.6 Å². The monoisotopic (exact) mass is 274 g/mol. The van der Waals surface area contributed by atoms with Crippen molar-refractivity contribution in [3.8, 4) is 0 Å². The molecule has 0 unspecified atom stereocenters. The Morgan fingerprint density at radius 1 is 1.22 bits per heavy atom. The number of hydrogen-bond donors (Lipinski definition) is 2. The zero-order valence-corrected chi connectivity index (χ0v) is 11.6. The molecule has 0 aliphatic rings. The number of hydrogen-bond acceptors (Lipinski definition) is 4. The summed E-state index contributed by atoms with van der Waals surface area (Å²) in [7, 11) is -1.28. The minimum absolute atomic E-state index is 0.190. The molecule has 0 amide bonds. The van der Waals surface area contributed by atoms with E-state index in [1.165, 1.54) is 0 Å². The Hall–Kier alpha value is -0.920. The van der Waals surface area contributed by atoms with Crippen molar-refractivity contribution in [3.05, 3.63) is 18.7 Å². The van der Waals surface area contributed by atoms with Crippen LogP contribution >= 0.6 is 0 Å². The van der Waals surface area contributed by atoms with E-state index in [1.807, 2.05) is 17.8 Å². The maximum atomic E-state index is 11.5. The fourth-order valence-electron chi connectivity index (χ4n) is 1.58. The number of aromatic nitrogens is 2. The molecule has 0 saturated heterocycles. The van der Waals surface area contributed by atoms with E-state index in [0.717, 1.165) is 25.9 Å². The summed E-state index contributed by atoms with van der Waals surface area (Å²) in [4.78, 5) is 3.95. The third kappa shape index (κ3) is 6.73. The van der Waals surface area contributed by atoms with Gasteiger partial charge >= 0.3 is 0 Å². The summed E-state index contributed by atoms with van der Waals surface area (Å²) < 4.78 is 27.7. The smallest absolute Gasteiger partial charge is 0.211 e. The number of sulfonamides is 1. The summed E-state index contributed by atoms with van der Waals surface area (Å²) in [6.07, 6.45) is 7.83. The molecule has 6 nitrogen and oxygen atoms in total. The first-order valence-corrected chi connectivity index (χ1v) is 7.87. The summed E-state index contributed by atoms with van der Waals surface area (Å²) in [5.74, 6) is 0.190. The molecule has 0 bridgehead atoms. The lowest BCUT2D eigenvalue weighted by Crippen LogP contribution is -2.28. The molecule has 1 aromatic heterocycles. The largest absolute Gasteiger partial charge is 0.337 e. The van der Waals surface area contributed by atoms with Crippen LogP contribution in [0.3, 0.4) is 0 Å². The highest BCUT2D eigenvalue weighted by Crippen LogP contribution is 1.95. The average molecular weight is 274 g/mol. The normalized spacial score (nSPS) is 11.8. The van der Waals surface area contributed by atoms with Gasteiger partial charge in [0.25, 0.3) is 0 Å². The minimum atomic E-state index is -3.10. The van der Waals surface area contributed by atoms with Gasteiger partial charge in [0, 0.05) is 25.5 Å². The third-order valence-corrected chi connectivity index (χ3v) is 4.03. The van der Waals surface area contributed by atoms with Crippen LogP contribution in [0, 0.1) is 0 Å². The van der Waals surface area contributed by atoms with Crippen LogP contribution in [0.1, 0.15) is 19.3 Å². The minimum Gasteiger partial charge on any atom is -0.337 e. The summed E-state index contributed by atoms with van der Waals surface area (Å²) in [5.41, 5.74) is 0. The molecule has 1 aromatic rings. The molecule has 7 heteroatoms. The molecule has 0 aliphatic carbocycles. The van der Waals surface area contributed by atoms with Gasteiger partial charge in [-0.3, -0.25) is 0 Å². The first-order valence-electron chi connectivity index (χ1n) is 6.22. The average Bonchev–Trinajstić information content (AvgIpc) is 2.81. The lowest BCUT2D eigenvalue weighted by Gasteiger charge is -2.06. The second kappa shape index (κ2) is 8.23. The van der Waals surface area contributed by atoms with E-state index in [2.05, 4.69) is 15.0 Å². The second-order valence-electron chi connectivity index (χ2n) is 4.18. The summed E-state index contributed by atoms with van der Waals surface area (Å²) in [6, 6.07) is 0. The molecule has 0 spiro atoms. The van der Waals surface area contributed by atoms with Crippen molar-refractivity contribution in [1.82, 2.24) is 19.6 Å². The van der Waals surface area contributed by atoms with Crippen LogP contribution in [0.4, 0.5) is 0 Å². The predicted octanol–water partition coefficient (Wildman–Crippen LogP) is 0.192. The van der Waals surface area contributed by atoms with Gasteiger partial charge in [0.15, 0.2) is 0 Å². The molecule has 104 valence electrons. The molecule has 0 aliphatic heterocycles. The van der Waals surface area contributed by atoms with Crippen molar-refractivity contribution in [3.63, 3.8) is 0 Å². The van der Waals surface area contributed by atoms with Gasteiger partial charge in [-0.05, 0) is 32.9 Å². The number of nitrogens with zero attached hydrogens (tertiary/aromatic N) is 2. The van der Waals surface area contributed by atoms with Crippen molar-refractivity contribution in [2.45, 2.75) is 25.8 Å². The molecule has 0 fully saturated rings. The van der Waals surface area contributed by atoms with Crippen molar-refractivity contribution >= 4 is 10.0 Å². The summed E-state index contributed by atoms with van der Waals surface area (Å²) >= 11 is 0. The van der Waals surface area contributed by atoms with Crippen LogP contribution in [0.2, 0.25) is 0 Å². The number of nitrogens with one attached hydrogen (secondary N) is 2. The topological polar surface area (TPSA) is 76.0 Å². The SMILES string of the molecule is CNCCCS(=O)(=O)NCCCCn1ccnc1. The van der Waals surface area contributed by atoms with E-state index in [1.54, 1.807) is 12.5 Å². The van der Waals surface area contributed by atoms with Gasteiger partial charge in [0.05, 0.1) is 12.1 Å². The maximum Gasteiger partial charge on any atom is 0.211 e. The highest BCUT2D eigenvalue weighted by molar-refractivity contribution is 7.89. The third-order valence-electron chi connectivity index (χ3n) is 2.56. The molecule has 0 atom stereocenters. The molecule has 0 aromatic carbocycles. The first-order chi connectivity index (χ1) is 8.64. The van der Waals surface area contributed by atoms with Crippen LogP contribution in [0.5, 0.6) is 0 Å². The van der Waals surface area contributed by atoms with E-state index < -0.39 is 10.0 Å². The van der Waals surface area contributed by atoms with Gasteiger partial charge in [-0.15, -0.1) is 0 Å². The Labute approximate surface area is 109 Å². The van der Waals surface area contributed by atoms with Crippen molar-refractivity contribution < 1.29 is 8.42 Å². The molecular weight excluding hydrogens is 252 g/mol. The quantitative estimate of drug-likeness (QED) is 0.597. The Morgan fingerprint density at radius 3 is 2.72 bits per heavy atom. The molecule has 1 rings (SSSR count). The molecule has 2 N–H and O–H groups in total. The van der Waals surface area contributed by atoms with Gasteiger partial charge in [-0.2, -0.15) is 0 Å². The number of aryl methyl sites for hydroxylation is 1. The van der Waals surface area contributed by atoms with Crippen molar-refractivity contribution in [2.75, 3.05) is 25.9 Å². The standard InChI is InChI=1S/C11H22N4O2S/c1-12-5-4-10-18(16,17)14-6-2-3-8-15-9-7-13-11-15/h7,9,11-12,14H,2-6,8,10H2,1H3. The lowest BCUT2D eigenvalue weighted by atomic mass is 10.3. The van der Waals surface area contributed by atoms with E-state index in [4.69, 9.17) is 0 Å². The molecule has 1 heterocycles. The number of unbranched alkanes of at least 4 members (excludes halogenated alkanes) is 1. The zero-order chi connectivity index (χ0) is 13.3. The zero-order valence-electron chi connectivity index (χ0n) is 10.8. The highest BCUT2D eigenvalue weighted by Gasteiger charge is 2.07. The van der Waals surface area contributed by atoms with Gasteiger partial charge < -0.3 is 9.88 Å². The maximum absolute atomic E-state index is 11.5. The van der Waals surface area contributed by atoms with Crippen LogP contribution in [-0.4, -0.2) is 43.9 Å². The van der Waals surface area contributed by atoms with E-state index in [9.17, 15) is 8.42 Å². The fourth-order valence-corrected chi connectivity index (χ4v) is 2.70. The number of imidazole rings is 1. The highest BCUT2D eigenvalue weighted by atomic mass is 32.2. The first kappa shape index (κ1) is 15.1. The van der Waals surface area contributed by atoms with Crippen LogP contribution in [0.15, 0.2) is 18.7 Å². The lowest BCUT2D eigenvalue weighted by molar-refractivity contribution is 0.563. The van der Waals surface area contributed by atoms with Gasteiger partial charge in [-0.25, -0.2) is 18.1 Å². The summed E-state index contributed by atoms with van der Waals surface area (Å²) in [6.45, 7) is 2.11. The Morgan fingerprint density at radius 2 is 2.06 bits per heavy atom. The van der Waals surface area contributed by atoms with Crippen molar-refractivity contribution in [2.24, 2.45) is 0 Å². The van der Waals surface area contributed by atoms with Crippen LogP contribution in [0.25, 0.3) is 0 Å². The Balaban J connectivity index is 2.06. The van der Waals surface area contributed by atoms with Gasteiger partial charge in [0.2, 0.25) is 10.0 Å². The summed E-state index contributed by atoms with van der Waals surface area (Å²) in [5, 5.41) is 2.93. The predicted molar refractivity (Wildman–Crippen MR) is 71.8 cm³/mol. The fraction of sp³-hybridized carbons (Fsp3) is 0.727. The molecule has 0 saturated carbocycles.